The quantitative estimate of drug-likeness (QED) is 0.588. The first-order valence-corrected chi connectivity index (χ1v) is 11.4. The molecule has 1 heterocycles. The van der Waals surface area contributed by atoms with Crippen LogP contribution >= 0.6 is 0 Å². The van der Waals surface area contributed by atoms with Crippen LogP contribution in [0.4, 0.5) is 4.79 Å². The molecule has 0 saturated carbocycles. The first-order chi connectivity index (χ1) is 16.4. The lowest BCUT2D eigenvalue weighted by molar-refractivity contribution is -0.144. The Kier molecular flexibility index (Phi) is 8.26. The van der Waals surface area contributed by atoms with Gasteiger partial charge in [-0.15, -0.1) is 0 Å². The number of hydrogen-bond donors (Lipinski definition) is 1. The maximum atomic E-state index is 13.6. The molecule has 0 spiro atoms. The van der Waals surface area contributed by atoms with E-state index >= 15 is 0 Å². The van der Waals surface area contributed by atoms with Gasteiger partial charge in [0, 0.05) is 6.54 Å². The van der Waals surface area contributed by atoms with E-state index in [1.165, 1.54) is 7.11 Å². The van der Waals surface area contributed by atoms with Gasteiger partial charge in [-0.05, 0) is 53.3 Å². The molecule has 0 aliphatic carbocycles. The molecule has 34 heavy (non-hydrogen) atoms. The monoisotopic (exact) mass is 470 g/mol. The summed E-state index contributed by atoms with van der Waals surface area (Å²) in [5.41, 5.74) is 2.94. The number of carbonyl (C=O) groups excluding carboxylic acids is 2. The van der Waals surface area contributed by atoms with Crippen molar-refractivity contribution in [3.63, 3.8) is 0 Å². The van der Waals surface area contributed by atoms with Gasteiger partial charge in [-0.25, -0.2) is 9.59 Å². The fourth-order valence-corrected chi connectivity index (χ4v) is 4.32. The molecule has 1 N–H and O–H groups in total. The molecule has 8 nitrogen and oxygen atoms in total. The van der Waals surface area contributed by atoms with Gasteiger partial charge < -0.3 is 29.2 Å². The molecule has 1 aliphatic heterocycles. The molecule has 2 aromatic carbocycles. The molecule has 1 aliphatic rings. The first kappa shape index (κ1) is 25.2. The zero-order chi connectivity index (χ0) is 24.8. The molecule has 2 amide bonds. The number of methoxy groups -OCH3 is 4. The SMILES string of the molecule is CC[C@H](C)[C@H](NC(=O)N1CCc2cc(OC)c(OC)cc2[C@@H]1c1ccc(OC)cc1)C(=O)OC. The Balaban J connectivity index is 2.05. The van der Waals surface area contributed by atoms with Gasteiger partial charge in [0.1, 0.15) is 11.8 Å². The summed E-state index contributed by atoms with van der Waals surface area (Å²) in [4.78, 5) is 27.7. The number of fused-ring (bicyclic) bond motifs is 1. The van der Waals surface area contributed by atoms with Gasteiger partial charge in [0.25, 0.3) is 0 Å². The van der Waals surface area contributed by atoms with Crippen LogP contribution in [0.25, 0.3) is 0 Å². The number of ether oxygens (including phenoxy) is 4. The molecule has 3 atom stereocenters. The van der Waals surface area contributed by atoms with Crippen molar-refractivity contribution >= 4 is 12.0 Å². The number of nitrogens with zero attached hydrogens (tertiary/aromatic N) is 1. The summed E-state index contributed by atoms with van der Waals surface area (Å²) in [7, 11) is 6.15. The van der Waals surface area contributed by atoms with Gasteiger partial charge in [-0.1, -0.05) is 32.4 Å². The summed E-state index contributed by atoms with van der Waals surface area (Å²) in [5, 5.41) is 2.92. The van der Waals surface area contributed by atoms with E-state index in [0.717, 1.165) is 28.9 Å². The predicted octanol–water partition coefficient (Wildman–Crippen LogP) is 3.96. The van der Waals surface area contributed by atoms with E-state index in [1.54, 1.807) is 26.2 Å². The van der Waals surface area contributed by atoms with Gasteiger partial charge in [0.05, 0.1) is 34.5 Å². The Labute approximate surface area is 201 Å². The van der Waals surface area contributed by atoms with Gasteiger partial charge in [0.2, 0.25) is 0 Å². The van der Waals surface area contributed by atoms with Gasteiger partial charge in [-0.2, -0.15) is 0 Å². The largest absolute Gasteiger partial charge is 0.497 e. The molecule has 0 bridgehead atoms. The van der Waals surface area contributed by atoms with Crippen LogP contribution in [-0.4, -0.2) is 57.9 Å². The topological polar surface area (TPSA) is 86.3 Å². The summed E-state index contributed by atoms with van der Waals surface area (Å²) in [5.74, 6) is 1.44. The van der Waals surface area contributed by atoms with Crippen LogP contribution in [0.15, 0.2) is 36.4 Å². The second kappa shape index (κ2) is 11.1. The van der Waals surface area contributed by atoms with E-state index in [-0.39, 0.29) is 18.0 Å². The lowest BCUT2D eigenvalue weighted by Gasteiger charge is -2.39. The normalized spacial score (nSPS) is 16.6. The number of benzene rings is 2. The molecular formula is C26H34N2O6. The molecule has 0 radical (unpaired) electrons. The van der Waals surface area contributed by atoms with Crippen LogP contribution < -0.4 is 19.5 Å². The zero-order valence-electron chi connectivity index (χ0n) is 20.7. The maximum Gasteiger partial charge on any atom is 0.328 e. The van der Waals surface area contributed by atoms with Gasteiger partial charge >= 0.3 is 12.0 Å². The standard InChI is InChI=1S/C26H34N2O6/c1-7-16(2)23(25(29)34-6)27-26(30)28-13-12-18-14-21(32-4)22(33-5)15-20(18)24(28)17-8-10-19(31-3)11-9-17/h8-11,14-16,23-24H,7,12-13H2,1-6H3,(H,27,30)/t16-,23-,24-/m0/s1. The third-order valence-corrected chi connectivity index (χ3v) is 6.51. The number of urea groups is 1. The minimum atomic E-state index is -0.731. The second-order valence-corrected chi connectivity index (χ2v) is 8.36. The van der Waals surface area contributed by atoms with Crippen LogP contribution in [0.3, 0.4) is 0 Å². The van der Waals surface area contributed by atoms with Crippen LogP contribution in [-0.2, 0) is 16.0 Å². The summed E-state index contributed by atoms with van der Waals surface area (Å²) >= 11 is 0. The van der Waals surface area contributed by atoms with Crippen molar-refractivity contribution in [3.8, 4) is 17.2 Å². The third-order valence-electron chi connectivity index (χ3n) is 6.51. The van der Waals surface area contributed by atoms with Crippen molar-refractivity contribution in [3.05, 3.63) is 53.1 Å². The molecule has 184 valence electrons. The zero-order valence-corrected chi connectivity index (χ0v) is 20.7. The predicted molar refractivity (Wildman–Crippen MR) is 129 cm³/mol. The summed E-state index contributed by atoms with van der Waals surface area (Å²) < 4.78 is 21.3. The highest BCUT2D eigenvalue weighted by Crippen LogP contribution is 2.41. The lowest BCUT2D eigenvalue weighted by atomic mass is 9.87. The Hall–Kier alpha value is -3.42. The molecule has 3 rings (SSSR count). The highest BCUT2D eigenvalue weighted by atomic mass is 16.5. The van der Waals surface area contributed by atoms with Crippen molar-refractivity contribution in [1.82, 2.24) is 10.2 Å². The summed E-state index contributed by atoms with van der Waals surface area (Å²) in [6, 6.07) is 10.1. The van der Waals surface area contributed by atoms with Crippen LogP contribution in [0.2, 0.25) is 0 Å². The molecule has 8 heteroatoms. The van der Waals surface area contributed by atoms with Gasteiger partial charge in [0.15, 0.2) is 11.5 Å². The summed E-state index contributed by atoms with van der Waals surface area (Å²) in [6.45, 7) is 4.37. The van der Waals surface area contributed by atoms with Crippen molar-refractivity contribution in [2.75, 3.05) is 35.0 Å². The first-order valence-electron chi connectivity index (χ1n) is 11.4. The Morgan fingerprint density at radius 3 is 2.24 bits per heavy atom. The van der Waals surface area contributed by atoms with E-state index < -0.39 is 12.0 Å². The van der Waals surface area contributed by atoms with Crippen molar-refractivity contribution < 1.29 is 28.5 Å². The molecule has 0 fully saturated rings. The number of amides is 2. The van der Waals surface area contributed by atoms with Gasteiger partial charge in [-0.3, -0.25) is 0 Å². The van der Waals surface area contributed by atoms with Crippen LogP contribution in [0.1, 0.15) is 43.0 Å². The van der Waals surface area contributed by atoms with Crippen LogP contribution in [0.5, 0.6) is 17.2 Å². The van der Waals surface area contributed by atoms with E-state index in [0.29, 0.717) is 24.5 Å². The molecule has 0 unspecified atom stereocenters. The fourth-order valence-electron chi connectivity index (χ4n) is 4.32. The fraction of sp³-hybridized carbons (Fsp3) is 0.462. The third kappa shape index (κ3) is 5.05. The number of esters is 1. The van der Waals surface area contributed by atoms with E-state index in [1.807, 2.05) is 50.2 Å². The maximum absolute atomic E-state index is 13.6. The smallest absolute Gasteiger partial charge is 0.328 e. The average molecular weight is 471 g/mol. The molecule has 2 aromatic rings. The highest BCUT2D eigenvalue weighted by Gasteiger charge is 2.36. The number of rotatable bonds is 8. The van der Waals surface area contributed by atoms with E-state index in [9.17, 15) is 9.59 Å². The number of hydrogen-bond acceptors (Lipinski definition) is 6. The minimum absolute atomic E-state index is 0.0720. The number of carbonyl (C=O) groups is 2. The Bertz CT molecular complexity index is 1010. The van der Waals surface area contributed by atoms with Crippen molar-refractivity contribution in [1.29, 1.82) is 0 Å². The summed E-state index contributed by atoms with van der Waals surface area (Å²) in [6.07, 6.45) is 1.36. The average Bonchev–Trinajstić information content (AvgIpc) is 2.89. The second-order valence-electron chi connectivity index (χ2n) is 8.36. The molecular weight excluding hydrogens is 436 g/mol. The van der Waals surface area contributed by atoms with E-state index in [2.05, 4.69) is 5.32 Å². The van der Waals surface area contributed by atoms with Crippen molar-refractivity contribution in [2.45, 2.75) is 38.8 Å². The molecule has 0 saturated heterocycles. The minimum Gasteiger partial charge on any atom is -0.497 e. The van der Waals surface area contributed by atoms with Crippen LogP contribution in [0, 0.1) is 5.92 Å². The number of nitrogens with one attached hydrogen (secondary N) is 1. The Morgan fingerprint density at radius 2 is 1.68 bits per heavy atom. The van der Waals surface area contributed by atoms with E-state index in [4.69, 9.17) is 18.9 Å². The lowest BCUT2D eigenvalue weighted by Crippen LogP contribution is -2.53. The highest BCUT2D eigenvalue weighted by molar-refractivity contribution is 5.84. The van der Waals surface area contributed by atoms with Crippen molar-refractivity contribution in [2.24, 2.45) is 5.92 Å². The molecule has 0 aromatic heterocycles. The Morgan fingerprint density at radius 1 is 1.03 bits per heavy atom.